The van der Waals surface area contributed by atoms with E-state index in [0.717, 1.165) is 0 Å². The van der Waals surface area contributed by atoms with Gasteiger partial charge in [0.05, 0.1) is 178 Å². The van der Waals surface area contributed by atoms with Gasteiger partial charge in [-0.25, -0.2) is 0 Å². The highest BCUT2D eigenvalue weighted by atomic mass is 32.2. The van der Waals surface area contributed by atoms with Gasteiger partial charge in [0.25, 0.3) is 0 Å². The van der Waals surface area contributed by atoms with Crippen LogP contribution in [0.15, 0.2) is 38.0 Å². The van der Waals surface area contributed by atoms with Gasteiger partial charge in [-0.05, 0) is 5.75 Å². The molecule has 0 saturated carbocycles. The maximum atomic E-state index is 14.9. The fraction of sp³-hybridized carbons (Fsp3) is 0.893. The summed E-state index contributed by atoms with van der Waals surface area (Å²) < 4.78 is 318. The van der Waals surface area contributed by atoms with E-state index in [0.29, 0.717) is 0 Å². The topological polar surface area (TPSA) is 321 Å². The Morgan fingerprint density at radius 1 is 0.316 bits per heavy atom. The molecule has 98 heavy (non-hydrogen) atoms. The molecule has 0 radical (unpaired) electrons. The number of hydrogen-bond acceptors (Lipinski definition) is 25. The lowest BCUT2D eigenvalue weighted by Gasteiger charge is -2.42. The van der Waals surface area contributed by atoms with Gasteiger partial charge in [0, 0.05) is 19.3 Å². The van der Waals surface area contributed by atoms with Crippen molar-refractivity contribution >= 4 is 11.8 Å². The van der Waals surface area contributed by atoms with E-state index in [1.807, 2.05) is 0 Å². The number of aliphatic hydroxyl groups excluding tert-OH is 9. The maximum Gasteiger partial charge on any atom is 0.460 e. The standard InChI is InChI=1S/C56H91F17O24S/c1-5-9-84-15-38(76)17-89-24-43(81)27-96-47(33-93-32-46(95-26-42(80)23-87-14-37(75)13-74)31-92-22-41(79)20-88-19-40(78)21-91-30-45(83-4)29-86-11-7-3)34-94-35-48(97-28-44(82)25-90-18-39(77)16-85-10-6-2)36-98-12-8-49(57,58)50(59,60)51(61,62)52(63,64)53(65,66)54(67,68)55(69,70)56(71,72)73/h5-7,37-48,74-82H,1-3,8-36H2,4H3/t37?,38?,39?,40?,41?,42?,43?,44?,45?,46-,47?,48?/m0/s1. The van der Waals surface area contributed by atoms with Crippen LogP contribution in [0.25, 0.3) is 0 Å². The average molecular weight is 1500 g/mol. The Kier molecular flexibility index (Phi) is 47.9. The molecule has 11 unspecified atom stereocenters. The lowest BCUT2D eigenvalue weighted by Crippen LogP contribution is -2.74. The summed E-state index contributed by atoms with van der Waals surface area (Å²) >= 11 is -0.00345. The van der Waals surface area contributed by atoms with E-state index >= 15 is 0 Å². The average Bonchev–Trinajstić information content (AvgIpc) is 0.698. The van der Waals surface area contributed by atoms with Crippen LogP contribution in [0, 0.1) is 0 Å². The molecule has 0 aromatic heterocycles. The van der Waals surface area contributed by atoms with Crippen molar-refractivity contribution in [2.24, 2.45) is 0 Å². The second-order valence-corrected chi connectivity index (χ2v) is 22.5. The first kappa shape index (κ1) is 95.4. The molecule has 0 aromatic rings. The SMILES string of the molecule is C=CCOCC(O)COCC(O)COC(COCC(CSCCC(F)(F)C(F)(F)C(F)(F)C(F)(F)C(F)(F)C(F)(F)C(F)(F)C(F)(F)F)OCC(O)COCC(O)COCC=C)COC[C@H](COCC(O)COCC(O)COCC(COCC=C)OC)OCC(O)COCC(O)CO. The number of aliphatic hydroxyl groups is 9. The Balaban J connectivity index is 6.64. The van der Waals surface area contributed by atoms with Crippen LogP contribution in [0.4, 0.5) is 74.6 Å². The summed E-state index contributed by atoms with van der Waals surface area (Å²) in [5.41, 5.74) is 0. The Hall–Kier alpha value is -2.58. The van der Waals surface area contributed by atoms with Gasteiger partial charge in [0.2, 0.25) is 0 Å². The molecule has 0 saturated heterocycles. The zero-order chi connectivity index (χ0) is 74.9. The molecular formula is C56H91F17O24S. The van der Waals surface area contributed by atoms with Gasteiger partial charge in [0.15, 0.2) is 0 Å². The van der Waals surface area contributed by atoms with E-state index in [9.17, 15) is 115 Å². The predicted molar refractivity (Wildman–Crippen MR) is 307 cm³/mol. The van der Waals surface area contributed by atoms with Crippen LogP contribution in [0.5, 0.6) is 0 Å². The maximum absolute atomic E-state index is 14.9. The summed E-state index contributed by atoms with van der Waals surface area (Å²) in [5, 5.41) is 91.3. The molecule has 42 heteroatoms. The largest absolute Gasteiger partial charge is 0.460 e. The first-order valence-electron chi connectivity index (χ1n) is 29.6. The number of alkyl halides is 17. The number of thioether (sulfide) groups is 1. The molecule has 24 nitrogen and oxygen atoms in total. The van der Waals surface area contributed by atoms with Crippen molar-refractivity contribution in [2.75, 3.05) is 190 Å². The summed E-state index contributed by atoms with van der Waals surface area (Å²) in [5.74, 6) is -60.1. The highest BCUT2D eigenvalue weighted by Crippen LogP contribution is 2.64. The minimum absolute atomic E-state index is 0.00345. The number of ether oxygens (including phenoxy) is 15. The van der Waals surface area contributed by atoms with Crippen molar-refractivity contribution in [2.45, 2.75) is 127 Å². The molecule has 0 aliphatic heterocycles. The van der Waals surface area contributed by atoms with Crippen molar-refractivity contribution in [1.82, 2.24) is 0 Å². The Labute approximate surface area is 558 Å². The summed E-state index contributed by atoms with van der Waals surface area (Å²) in [6.07, 6.45) is -21.5. The van der Waals surface area contributed by atoms with Crippen molar-refractivity contribution in [3.05, 3.63) is 38.0 Å². The summed E-state index contributed by atoms with van der Waals surface area (Å²) in [4.78, 5) is 0. The van der Waals surface area contributed by atoms with Gasteiger partial charge in [-0.2, -0.15) is 86.4 Å². The molecule has 0 rings (SSSR count). The smallest absolute Gasteiger partial charge is 0.394 e. The molecule has 12 atom stereocenters. The summed E-state index contributed by atoms with van der Waals surface area (Å²) in [7, 11) is 1.44. The molecule has 0 aliphatic carbocycles. The van der Waals surface area contributed by atoms with E-state index in [2.05, 4.69) is 19.7 Å². The van der Waals surface area contributed by atoms with Crippen molar-refractivity contribution in [3.8, 4) is 0 Å². The van der Waals surface area contributed by atoms with E-state index in [4.69, 9.17) is 76.2 Å². The molecule has 0 aliphatic rings. The molecule has 9 N–H and O–H groups in total. The van der Waals surface area contributed by atoms with Gasteiger partial charge in [-0.3, -0.25) is 0 Å². The molecule has 0 bridgehead atoms. The Bertz CT molecular complexity index is 2060. The predicted octanol–water partition coefficient (Wildman–Crippen LogP) is 2.91. The van der Waals surface area contributed by atoms with Crippen molar-refractivity contribution < 1.29 is 192 Å². The zero-order valence-corrected chi connectivity index (χ0v) is 54.1. The van der Waals surface area contributed by atoms with E-state index < -0.39 is 231 Å². The van der Waals surface area contributed by atoms with Crippen LogP contribution in [0.1, 0.15) is 6.42 Å². The summed E-state index contributed by atoms with van der Waals surface area (Å²) in [6.45, 7) is 1.27. The molecular weight excluding hydrogens is 1410 g/mol. The number of hydrogen-bond donors (Lipinski definition) is 9. The molecule has 584 valence electrons. The van der Waals surface area contributed by atoms with Crippen molar-refractivity contribution in [1.29, 1.82) is 0 Å². The Morgan fingerprint density at radius 3 is 0.888 bits per heavy atom. The fourth-order valence-corrected chi connectivity index (χ4v) is 8.09. The molecule has 0 fully saturated rings. The molecule has 0 heterocycles. The van der Waals surface area contributed by atoms with Gasteiger partial charge >= 0.3 is 47.6 Å². The minimum Gasteiger partial charge on any atom is -0.394 e. The van der Waals surface area contributed by atoms with Crippen LogP contribution in [-0.4, -0.2) is 357 Å². The van der Waals surface area contributed by atoms with Crippen LogP contribution in [-0.2, 0) is 71.1 Å². The third-order valence-corrected chi connectivity index (χ3v) is 13.4. The summed E-state index contributed by atoms with van der Waals surface area (Å²) in [6, 6.07) is 0. The van der Waals surface area contributed by atoms with Gasteiger partial charge < -0.3 is 117 Å². The molecule has 0 aromatic carbocycles. The van der Waals surface area contributed by atoms with Crippen LogP contribution < -0.4 is 0 Å². The second kappa shape index (κ2) is 49.2. The van der Waals surface area contributed by atoms with E-state index in [1.54, 1.807) is 0 Å². The lowest BCUT2D eigenvalue weighted by atomic mass is 9.88. The van der Waals surface area contributed by atoms with Crippen LogP contribution in [0.2, 0.25) is 0 Å². The Morgan fingerprint density at radius 2 is 0.561 bits per heavy atom. The number of halogens is 17. The van der Waals surface area contributed by atoms with E-state index in [1.165, 1.54) is 25.3 Å². The normalized spacial score (nSPS) is 17.2. The first-order chi connectivity index (χ1) is 45.7. The van der Waals surface area contributed by atoms with Crippen molar-refractivity contribution in [3.63, 3.8) is 0 Å². The fourth-order valence-electron chi connectivity index (χ4n) is 7.07. The lowest BCUT2D eigenvalue weighted by molar-refractivity contribution is -0.461. The first-order valence-corrected chi connectivity index (χ1v) is 30.7. The molecule has 0 spiro atoms. The third kappa shape index (κ3) is 35.3. The minimum atomic E-state index is -8.81. The van der Waals surface area contributed by atoms with Gasteiger partial charge in [-0.15, -0.1) is 19.7 Å². The third-order valence-electron chi connectivity index (χ3n) is 12.3. The number of methoxy groups -OCH3 is 1. The quantitative estimate of drug-likeness (QED) is 0.0240. The van der Waals surface area contributed by atoms with E-state index in [-0.39, 0.29) is 91.0 Å². The zero-order valence-electron chi connectivity index (χ0n) is 53.3. The van der Waals surface area contributed by atoms with Crippen LogP contribution >= 0.6 is 11.8 Å². The second-order valence-electron chi connectivity index (χ2n) is 21.4. The highest BCUT2D eigenvalue weighted by molar-refractivity contribution is 7.99. The van der Waals surface area contributed by atoms with Gasteiger partial charge in [0.1, 0.15) is 67.1 Å². The van der Waals surface area contributed by atoms with Gasteiger partial charge in [-0.1, -0.05) is 18.2 Å². The number of rotatable bonds is 66. The monoisotopic (exact) mass is 1500 g/mol. The van der Waals surface area contributed by atoms with Crippen LogP contribution in [0.3, 0.4) is 0 Å². The highest BCUT2D eigenvalue weighted by Gasteiger charge is 2.95. The molecule has 0 amide bonds.